The summed E-state index contributed by atoms with van der Waals surface area (Å²) in [5, 5.41) is 10.5. The zero-order valence-corrected chi connectivity index (χ0v) is 12.1. The van der Waals surface area contributed by atoms with E-state index >= 15 is 0 Å². The van der Waals surface area contributed by atoms with Crippen molar-refractivity contribution in [2.45, 2.75) is 13.5 Å². The van der Waals surface area contributed by atoms with Crippen LogP contribution in [0.2, 0.25) is 0 Å². The molecule has 0 aliphatic rings. The molecule has 1 heterocycles. The number of carbonyl (C=O) groups is 1. The molecule has 0 saturated carbocycles. The van der Waals surface area contributed by atoms with Crippen molar-refractivity contribution in [1.82, 2.24) is 20.1 Å². The Morgan fingerprint density at radius 2 is 2.24 bits per heavy atom. The van der Waals surface area contributed by atoms with Gasteiger partial charge in [-0.05, 0) is 30.7 Å². The van der Waals surface area contributed by atoms with Gasteiger partial charge in [-0.3, -0.25) is 4.79 Å². The molecule has 0 aliphatic carbocycles. The predicted molar refractivity (Wildman–Crippen MR) is 79.3 cm³/mol. The van der Waals surface area contributed by atoms with E-state index in [1.54, 1.807) is 17.0 Å². The minimum atomic E-state index is -0.169. The van der Waals surface area contributed by atoms with Gasteiger partial charge >= 0.3 is 0 Å². The SMILES string of the molecule is Cc1cc(C#CCN)cc(C(=O)NCc2nncn2C)c1. The molecule has 1 aromatic carbocycles. The van der Waals surface area contributed by atoms with Crippen LogP contribution >= 0.6 is 0 Å². The second-order valence-electron chi connectivity index (χ2n) is 4.63. The van der Waals surface area contributed by atoms with Crippen LogP contribution in [0, 0.1) is 18.8 Å². The summed E-state index contributed by atoms with van der Waals surface area (Å²) in [6, 6.07) is 5.49. The van der Waals surface area contributed by atoms with Crippen molar-refractivity contribution in [3.8, 4) is 11.8 Å². The van der Waals surface area contributed by atoms with Gasteiger partial charge in [0.25, 0.3) is 5.91 Å². The lowest BCUT2D eigenvalue weighted by Gasteiger charge is -2.06. The van der Waals surface area contributed by atoms with E-state index in [1.807, 2.05) is 26.1 Å². The molecule has 3 N–H and O–H groups in total. The summed E-state index contributed by atoms with van der Waals surface area (Å²) in [5.74, 6) is 6.25. The third-order valence-corrected chi connectivity index (χ3v) is 2.89. The lowest BCUT2D eigenvalue weighted by Crippen LogP contribution is -2.24. The Kier molecular flexibility index (Phi) is 4.69. The Hall–Kier alpha value is -2.65. The van der Waals surface area contributed by atoms with Gasteiger partial charge in [0.1, 0.15) is 6.33 Å². The Labute approximate surface area is 123 Å². The number of carbonyl (C=O) groups excluding carboxylic acids is 1. The van der Waals surface area contributed by atoms with Crippen LogP contribution in [0.25, 0.3) is 0 Å². The van der Waals surface area contributed by atoms with Gasteiger partial charge in [0.15, 0.2) is 5.82 Å². The topological polar surface area (TPSA) is 85.8 Å². The van der Waals surface area contributed by atoms with Crippen LogP contribution in [0.5, 0.6) is 0 Å². The number of hydrogen-bond acceptors (Lipinski definition) is 4. The maximum atomic E-state index is 12.2. The largest absolute Gasteiger partial charge is 0.345 e. The zero-order chi connectivity index (χ0) is 15.2. The van der Waals surface area contributed by atoms with Crippen molar-refractivity contribution < 1.29 is 4.79 Å². The van der Waals surface area contributed by atoms with Crippen molar-refractivity contribution in [1.29, 1.82) is 0 Å². The highest BCUT2D eigenvalue weighted by molar-refractivity contribution is 5.94. The molecular formula is C15H17N5O. The van der Waals surface area contributed by atoms with Gasteiger partial charge in [-0.25, -0.2) is 0 Å². The fraction of sp³-hybridized carbons (Fsp3) is 0.267. The second-order valence-corrected chi connectivity index (χ2v) is 4.63. The van der Waals surface area contributed by atoms with Crippen molar-refractivity contribution in [2.24, 2.45) is 12.8 Å². The number of rotatable bonds is 3. The number of benzene rings is 1. The van der Waals surface area contributed by atoms with Gasteiger partial charge in [-0.2, -0.15) is 0 Å². The number of hydrogen-bond donors (Lipinski definition) is 2. The molecule has 0 atom stereocenters. The maximum absolute atomic E-state index is 12.2. The van der Waals surface area contributed by atoms with Crippen LogP contribution in [-0.4, -0.2) is 27.2 Å². The number of nitrogens with zero attached hydrogens (tertiary/aromatic N) is 3. The van der Waals surface area contributed by atoms with E-state index in [0.29, 0.717) is 24.5 Å². The monoisotopic (exact) mass is 283 g/mol. The normalized spacial score (nSPS) is 9.86. The lowest BCUT2D eigenvalue weighted by molar-refractivity contribution is 0.0949. The summed E-state index contributed by atoms with van der Waals surface area (Å²) >= 11 is 0. The molecule has 1 aromatic heterocycles. The van der Waals surface area contributed by atoms with Crippen LogP contribution in [0.15, 0.2) is 24.5 Å². The first-order chi connectivity index (χ1) is 10.1. The summed E-state index contributed by atoms with van der Waals surface area (Å²) in [5.41, 5.74) is 7.68. The molecule has 0 saturated heterocycles. The number of aryl methyl sites for hydroxylation is 2. The molecular weight excluding hydrogens is 266 g/mol. The standard InChI is InChI=1S/C15H17N5O/c1-11-6-12(4-3-5-16)8-13(7-11)15(21)17-9-14-19-18-10-20(14)2/h6-8,10H,5,9,16H2,1-2H3,(H,17,21). The lowest BCUT2D eigenvalue weighted by atomic mass is 10.1. The molecule has 2 aromatic rings. The fourth-order valence-corrected chi connectivity index (χ4v) is 1.87. The van der Waals surface area contributed by atoms with E-state index in [4.69, 9.17) is 5.73 Å². The first kappa shape index (κ1) is 14.8. The highest BCUT2D eigenvalue weighted by Gasteiger charge is 2.08. The second kappa shape index (κ2) is 6.68. The van der Waals surface area contributed by atoms with E-state index in [-0.39, 0.29) is 5.91 Å². The summed E-state index contributed by atoms with van der Waals surface area (Å²) in [4.78, 5) is 12.2. The van der Waals surface area contributed by atoms with Crippen LogP contribution in [0.3, 0.4) is 0 Å². The fourth-order valence-electron chi connectivity index (χ4n) is 1.87. The molecule has 6 nitrogen and oxygen atoms in total. The molecule has 0 radical (unpaired) electrons. The third-order valence-electron chi connectivity index (χ3n) is 2.89. The molecule has 21 heavy (non-hydrogen) atoms. The Morgan fingerprint density at radius 1 is 1.43 bits per heavy atom. The Balaban J connectivity index is 2.11. The Morgan fingerprint density at radius 3 is 2.90 bits per heavy atom. The van der Waals surface area contributed by atoms with Crippen LogP contribution in [0.1, 0.15) is 27.3 Å². The first-order valence-electron chi connectivity index (χ1n) is 6.52. The van der Waals surface area contributed by atoms with E-state index in [1.165, 1.54) is 0 Å². The highest BCUT2D eigenvalue weighted by atomic mass is 16.1. The number of amides is 1. The summed E-state index contributed by atoms with van der Waals surface area (Å²) in [6.45, 7) is 2.54. The molecule has 1 amide bonds. The van der Waals surface area contributed by atoms with Gasteiger partial charge in [0, 0.05) is 18.2 Å². The minimum absolute atomic E-state index is 0.169. The van der Waals surface area contributed by atoms with Crippen molar-refractivity contribution in [3.63, 3.8) is 0 Å². The van der Waals surface area contributed by atoms with E-state index in [0.717, 1.165) is 11.1 Å². The van der Waals surface area contributed by atoms with Crippen molar-refractivity contribution in [2.75, 3.05) is 6.54 Å². The van der Waals surface area contributed by atoms with E-state index in [9.17, 15) is 4.79 Å². The van der Waals surface area contributed by atoms with Gasteiger partial charge < -0.3 is 15.6 Å². The van der Waals surface area contributed by atoms with E-state index < -0.39 is 0 Å². The number of nitrogens with two attached hydrogens (primary N) is 1. The summed E-state index contributed by atoms with van der Waals surface area (Å²) < 4.78 is 1.76. The summed E-state index contributed by atoms with van der Waals surface area (Å²) in [7, 11) is 1.83. The molecule has 0 aliphatic heterocycles. The average molecular weight is 283 g/mol. The molecule has 2 rings (SSSR count). The van der Waals surface area contributed by atoms with Gasteiger partial charge in [0.2, 0.25) is 0 Å². The predicted octanol–water partition coefficient (Wildman–Crippen LogP) is 0.364. The minimum Gasteiger partial charge on any atom is -0.345 e. The van der Waals surface area contributed by atoms with Gasteiger partial charge in [-0.15, -0.1) is 10.2 Å². The van der Waals surface area contributed by atoms with Crippen LogP contribution < -0.4 is 11.1 Å². The highest BCUT2D eigenvalue weighted by Crippen LogP contribution is 2.09. The molecule has 0 fully saturated rings. The molecule has 6 heteroatoms. The van der Waals surface area contributed by atoms with Crippen LogP contribution in [0.4, 0.5) is 0 Å². The average Bonchev–Trinajstić information content (AvgIpc) is 2.87. The van der Waals surface area contributed by atoms with Crippen LogP contribution in [-0.2, 0) is 13.6 Å². The number of nitrogens with one attached hydrogen (secondary N) is 1. The summed E-state index contributed by atoms with van der Waals surface area (Å²) in [6.07, 6.45) is 1.59. The van der Waals surface area contributed by atoms with Gasteiger partial charge in [-0.1, -0.05) is 11.8 Å². The smallest absolute Gasteiger partial charge is 0.251 e. The van der Waals surface area contributed by atoms with Crippen molar-refractivity contribution >= 4 is 5.91 Å². The van der Waals surface area contributed by atoms with Crippen molar-refractivity contribution in [3.05, 3.63) is 47.0 Å². The zero-order valence-electron chi connectivity index (χ0n) is 12.1. The molecule has 0 unspecified atom stereocenters. The quantitative estimate of drug-likeness (QED) is 0.797. The molecule has 0 spiro atoms. The Bertz CT molecular complexity index is 708. The van der Waals surface area contributed by atoms with E-state index in [2.05, 4.69) is 27.4 Å². The maximum Gasteiger partial charge on any atom is 0.251 e. The molecule has 108 valence electrons. The molecule has 0 bridgehead atoms. The van der Waals surface area contributed by atoms with Gasteiger partial charge in [0.05, 0.1) is 13.1 Å². The first-order valence-corrected chi connectivity index (χ1v) is 6.52. The third kappa shape index (κ3) is 3.91. The number of aromatic nitrogens is 3.